The first-order valence-corrected chi connectivity index (χ1v) is 32.6. The molecule has 1 heterocycles. The molecule has 1 rings (SSSR count). The molecule has 0 aromatic rings. The van der Waals surface area contributed by atoms with E-state index >= 15 is 9.13 Å². The Bertz CT molecular complexity index is 1560. The van der Waals surface area contributed by atoms with Crippen molar-refractivity contribution in [3.05, 3.63) is 12.5 Å². The second-order valence-corrected chi connectivity index (χ2v) is 28.3. The highest BCUT2D eigenvalue weighted by molar-refractivity contribution is 7.60. The fourth-order valence-electron chi connectivity index (χ4n) is 7.94. The molecule has 18 nitrogen and oxygen atoms in total. The minimum absolute atomic E-state index is 0.0184. The molecule has 8 unspecified atom stereocenters. The van der Waals surface area contributed by atoms with Crippen molar-refractivity contribution in [2.24, 2.45) is 0 Å². The third-order valence-corrected chi connectivity index (χ3v) is 26.5. The van der Waals surface area contributed by atoms with Crippen LogP contribution in [0, 0.1) is 0 Å². The molecule has 376 valence electrons. The lowest BCUT2D eigenvalue weighted by Gasteiger charge is -2.38. The minimum Gasteiger partial charge on any atom is -0.429 e. The number of unbranched alkanes of at least 4 members (excludes halogenated alkanes) is 1. The summed E-state index contributed by atoms with van der Waals surface area (Å²) in [6.07, 6.45) is 3.81. The fourth-order valence-corrected chi connectivity index (χ4v) is 22.4. The van der Waals surface area contributed by atoms with Gasteiger partial charge in [0.15, 0.2) is 0 Å². The lowest BCUT2D eigenvalue weighted by atomic mass is 10.0. The van der Waals surface area contributed by atoms with Gasteiger partial charge in [0.1, 0.15) is 12.5 Å². The van der Waals surface area contributed by atoms with Crippen molar-refractivity contribution >= 4 is 45.6 Å². The van der Waals surface area contributed by atoms with Gasteiger partial charge in [0.2, 0.25) is 0 Å². The first-order valence-electron chi connectivity index (χ1n) is 22.9. The topological polar surface area (TPSA) is 213 Å². The molecular formula is C39H82O18P6. The van der Waals surface area contributed by atoms with Gasteiger partial charge < -0.3 is 45.2 Å². The monoisotopic (exact) mass is 1020 g/mol. The van der Waals surface area contributed by atoms with Crippen molar-refractivity contribution in [3.63, 3.8) is 0 Å². The Balaban J connectivity index is 3.95. The van der Waals surface area contributed by atoms with Crippen molar-refractivity contribution in [3.8, 4) is 0 Å². The highest BCUT2D eigenvalue weighted by atomic mass is 31.2. The van der Waals surface area contributed by atoms with Crippen molar-refractivity contribution in [1.29, 1.82) is 0 Å². The van der Waals surface area contributed by atoms with E-state index in [2.05, 4.69) is 0 Å². The molecule has 0 amide bonds. The van der Waals surface area contributed by atoms with Gasteiger partial charge in [0.25, 0.3) is 0 Å². The average molecular weight is 1020 g/mol. The number of hydrogen-bond acceptors (Lipinski definition) is 18. The third-order valence-electron chi connectivity index (χ3n) is 10.4. The third kappa shape index (κ3) is 18.0. The summed E-state index contributed by atoms with van der Waals surface area (Å²) in [4.78, 5) is 0. The largest absolute Gasteiger partial charge is 0.429 e. The quantitative estimate of drug-likeness (QED) is 0.0433. The maximum atomic E-state index is 15.2. The molecule has 0 saturated heterocycles. The minimum atomic E-state index is -4.29. The molecule has 1 aliphatic heterocycles. The Kier molecular flexibility index (Phi) is 29.9. The van der Waals surface area contributed by atoms with Crippen LogP contribution in [0.1, 0.15) is 141 Å². The molecule has 0 N–H and O–H groups in total. The molecule has 8 atom stereocenters. The molecule has 0 bridgehead atoms. The van der Waals surface area contributed by atoms with Gasteiger partial charge in [0.05, 0.1) is 100 Å². The molecule has 0 radical (unpaired) electrons. The Morgan fingerprint density at radius 1 is 0.540 bits per heavy atom. The summed E-state index contributed by atoms with van der Waals surface area (Å²) in [5.41, 5.74) is -5.55. The smallest absolute Gasteiger partial charge is 0.382 e. The molecule has 63 heavy (non-hydrogen) atoms. The Hall–Kier alpha value is 0.320. The predicted molar refractivity (Wildman–Crippen MR) is 249 cm³/mol. The number of hydrogen-bond donors (Lipinski definition) is 0. The van der Waals surface area contributed by atoms with Crippen LogP contribution in [0.3, 0.4) is 0 Å². The normalized spacial score (nSPS) is 25.0. The Labute approximate surface area is 379 Å². The maximum Gasteiger partial charge on any atom is 0.382 e. The van der Waals surface area contributed by atoms with Gasteiger partial charge in [-0.3, -0.25) is 27.3 Å². The van der Waals surface area contributed by atoms with E-state index in [1.807, 2.05) is 0 Å². The van der Waals surface area contributed by atoms with Gasteiger partial charge in [-0.1, -0.05) is 26.7 Å². The number of rotatable bonds is 34. The van der Waals surface area contributed by atoms with E-state index in [0.29, 0.717) is 32.1 Å². The standard InChI is InChI=1S/C39H82O18P6/c1-13-36(60(42,50-18-6)51-19-7)38-30-31-39(61(43,52-20-8)53-21-9)37(62(44,54-22-10)56-32-33-57-63(38,45)55-23-11)27-25-24-26-35(59(41,48-16-4)49-17-5)29-28-34(12)58(40,46-14-2)47-15-3/h32-39H,13-31H2,1-12H3/b33-32-. The first kappa shape index (κ1) is 61.3. The maximum absolute atomic E-state index is 15.2. The van der Waals surface area contributed by atoms with Crippen LogP contribution in [-0.4, -0.2) is 100 Å². The molecule has 0 aromatic carbocycles. The summed E-state index contributed by atoms with van der Waals surface area (Å²) in [6.45, 7) is 21.1. The van der Waals surface area contributed by atoms with E-state index < -0.39 is 79.5 Å². The average Bonchev–Trinajstić information content (AvgIpc) is 3.23. The molecule has 1 aliphatic rings. The van der Waals surface area contributed by atoms with E-state index in [9.17, 15) is 18.3 Å². The first-order chi connectivity index (χ1) is 29.9. The molecule has 0 aliphatic carbocycles. The fraction of sp³-hybridized carbons (Fsp3) is 0.949. The van der Waals surface area contributed by atoms with Gasteiger partial charge in [0, 0.05) is 0 Å². The Morgan fingerprint density at radius 3 is 1.44 bits per heavy atom. The van der Waals surface area contributed by atoms with E-state index in [4.69, 9.17) is 54.3 Å². The van der Waals surface area contributed by atoms with E-state index in [1.165, 1.54) is 0 Å². The van der Waals surface area contributed by atoms with Crippen molar-refractivity contribution in [1.82, 2.24) is 0 Å². The summed E-state index contributed by atoms with van der Waals surface area (Å²) in [6, 6.07) is 0. The van der Waals surface area contributed by atoms with Gasteiger partial charge in [-0.05, 0) is 114 Å². The van der Waals surface area contributed by atoms with Crippen LogP contribution >= 0.6 is 45.6 Å². The zero-order chi connectivity index (χ0) is 47.8. The molecule has 0 saturated carbocycles. The van der Waals surface area contributed by atoms with E-state index in [0.717, 1.165) is 12.5 Å². The highest BCUT2D eigenvalue weighted by Crippen LogP contribution is 2.70. The van der Waals surface area contributed by atoms with Gasteiger partial charge in [-0.15, -0.1) is 0 Å². The lowest BCUT2D eigenvalue weighted by molar-refractivity contribution is 0.198. The summed E-state index contributed by atoms with van der Waals surface area (Å²) < 4.78 is 158. The lowest BCUT2D eigenvalue weighted by Crippen LogP contribution is -2.34. The van der Waals surface area contributed by atoms with Crippen LogP contribution in [0.2, 0.25) is 0 Å². The van der Waals surface area contributed by atoms with Gasteiger partial charge in [-0.2, -0.15) is 0 Å². The molecule has 24 heteroatoms. The zero-order valence-corrected chi connectivity index (χ0v) is 45.5. The SMILES string of the molecule is CCOP(=O)(OCC)C(C)CCC(CCCCC1C(P(=O)(OCC)OCC)CCC(C(CC)P(=O)(OCC)OCC)P(=O)(OCC)O/C=C\OP1(=O)OCC)P(=O)(OCC)OCC. The van der Waals surface area contributed by atoms with E-state index in [1.54, 1.807) is 83.1 Å². The van der Waals surface area contributed by atoms with Gasteiger partial charge >= 0.3 is 45.6 Å². The van der Waals surface area contributed by atoms with E-state index in [-0.39, 0.29) is 91.8 Å². The predicted octanol–water partition coefficient (Wildman–Crippen LogP) is 13.8. The highest BCUT2D eigenvalue weighted by Gasteiger charge is 2.55. The molecule has 0 fully saturated rings. The van der Waals surface area contributed by atoms with Crippen LogP contribution in [0.15, 0.2) is 12.5 Å². The summed E-state index contributed by atoms with van der Waals surface area (Å²) >= 11 is 0. The van der Waals surface area contributed by atoms with Crippen molar-refractivity contribution < 1.29 is 81.7 Å². The van der Waals surface area contributed by atoms with Crippen molar-refractivity contribution in [2.45, 2.75) is 175 Å². The second-order valence-electron chi connectivity index (χ2n) is 14.5. The van der Waals surface area contributed by atoms with Crippen molar-refractivity contribution in [2.75, 3.05) is 66.1 Å². The van der Waals surface area contributed by atoms with Crippen LogP contribution < -0.4 is 0 Å². The Morgan fingerprint density at radius 2 is 0.984 bits per heavy atom. The van der Waals surface area contributed by atoms with Gasteiger partial charge in [-0.25, -0.2) is 9.13 Å². The summed E-state index contributed by atoms with van der Waals surface area (Å²) in [5, 5.41) is 0. The summed E-state index contributed by atoms with van der Waals surface area (Å²) in [7, 11) is -23.9. The second kappa shape index (κ2) is 30.7. The van der Waals surface area contributed by atoms with Crippen LogP contribution in [0.4, 0.5) is 0 Å². The van der Waals surface area contributed by atoms with Crippen LogP contribution in [0.25, 0.3) is 0 Å². The van der Waals surface area contributed by atoms with Crippen LogP contribution in [-0.2, 0) is 81.7 Å². The summed E-state index contributed by atoms with van der Waals surface area (Å²) in [5.74, 6) is 0. The molecule has 0 aromatic heterocycles. The molecule has 0 spiro atoms. The zero-order valence-electron chi connectivity index (χ0n) is 40.1. The van der Waals surface area contributed by atoms with Crippen LogP contribution in [0.5, 0.6) is 0 Å². The molecular weight excluding hydrogens is 942 g/mol.